The Morgan fingerprint density at radius 1 is 1.22 bits per heavy atom. The minimum atomic E-state index is 0.338. The predicted octanol–water partition coefficient (Wildman–Crippen LogP) is 2.82. The summed E-state index contributed by atoms with van der Waals surface area (Å²) in [4.78, 5) is 2.62. The molecule has 2 bridgehead atoms. The second-order valence-electron chi connectivity index (χ2n) is 6.06. The number of hydrogen-bond donors (Lipinski definition) is 1. The number of rotatable bonds is 3. The highest BCUT2D eigenvalue weighted by Crippen LogP contribution is 2.48. The predicted molar refractivity (Wildman–Crippen MR) is 75.6 cm³/mol. The van der Waals surface area contributed by atoms with Gasteiger partial charge in [-0.05, 0) is 51.3 Å². The van der Waals surface area contributed by atoms with Crippen LogP contribution >= 0.6 is 0 Å². The van der Waals surface area contributed by atoms with E-state index in [9.17, 15) is 0 Å². The SMILES string of the molecule is CN[C@H](c1ccccc1)C12CCC(CC1)CN2C. The van der Waals surface area contributed by atoms with Crippen molar-refractivity contribution in [2.75, 3.05) is 20.6 Å². The van der Waals surface area contributed by atoms with Crippen LogP contribution in [-0.4, -0.2) is 31.1 Å². The quantitative estimate of drug-likeness (QED) is 0.879. The number of nitrogens with one attached hydrogen (secondary N) is 1. The molecule has 2 aliphatic heterocycles. The van der Waals surface area contributed by atoms with Crippen LogP contribution in [0.2, 0.25) is 0 Å². The fraction of sp³-hybridized carbons (Fsp3) is 0.625. The standard InChI is InChI=1S/C16H24N2/c1-17-15(14-6-4-3-5-7-14)16-10-8-13(9-11-16)12-18(16)2/h3-7,13,15,17H,8-12H2,1-2H3/t13?,15-,16?/m1/s1. The number of benzene rings is 1. The van der Waals surface area contributed by atoms with E-state index in [1.807, 2.05) is 0 Å². The summed E-state index contributed by atoms with van der Waals surface area (Å²) in [6, 6.07) is 11.4. The van der Waals surface area contributed by atoms with Crippen LogP contribution in [0.4, 0.5) is 0 Å². The number of piperidine rings is 2. The number of hydrogen-bond acceptors (Lipinski definition) is 2. The molecule has 0 radical (unpaired) electrons. The van der Waals surface area contributed by atoms with Gasteiger partial charge in [-0.3, -0.25) is 4.90 Å². The van der Waals surface area contributed by atoms with Crippen molar-refractivity contribution in [1.82, 2.24) is 10.2 Å². The van der Waals surface area contributed by atoms with Gasteiger partial charge in [-0.25, -0.2) is 0 Å². The molecule has 0 unspecified atom stereocenters. The van der Waals surface area contributed by atoms with Crippen molar-refractivity contribution in [3.05, 3.63) is 35.9 Å². The zero-order valence-corrected chi connectivity index (χ0v) is 11.5. The lowest BCUT2D eigenvalue weighted by atomic mass is 9.66. The minimum Gasteiger partial charge on any atom is -0.311 e. The van der Waals surface area contributed by atoms with E-state index in [4.69, 9.17) is 0 Å². The Labute approximate surface area is 110 Å². The fourth-order valence-corrected chi connectivity index (χ4v) is 4.21. The maximum atomic E-state index is 3.59. The van der Waals surface area contributed by atoms with Gasteiger partial charge in [-0.2, -0.15) is 0 Å². The van der Waals surface area contributed by atoms with Gasteiger partial charge in [0.15, 0.2) is 0 Å². The van der Waals surface area contributed by atoms with Crippen molar-refractivity contribution in [3.63, 3.8) is 0 Å². The molecule has 18 heavy (non-hydrogen) atoms. The molecule has 1 aliphatic carbocycles. The lowest BCUT2D eigenvalue weighted by molar-refractivity contribution is -0.0405. The van der Waals surface area contributed by atoms with Crippen LogP contribution in [0.1, 0.15) is 37.3 Å². The minimum absolute atomic E-state index is 0.338. The van der Waals surface area contributed by atoms with Crippen molar-refractivity contribution in [2.45, 2.75) is 37.3 Å². The Morgan fingerprint density at radius 3 is 2.44 bits per heavy atom. The van der Waals surface area contributed by atoms with Crippen LogP contribution < -0.4 is 5.32 Å². The highest BCUT2D eigenvalue weighted by atomic mass is 15.2. The summed E-state index contributed by atoms with van der Waals surface area (Å²) in [6.45, 7) is 1.28. The first-order valence-corrected chi connectivity index (χ1v) is 7.20. The largest absolute Gasteiger partial charge is 0.311 e. The maximum Gasteiger partial charge on any atom is 0.0504 e. The average molecular weight is 244 g/mol. The molecule has 3 fully saturated rings. The molecular formula is C16H24N2. The number of nitrogens with zero attached hydrogens (tertiary/aromatic N) is 1. The third-order valence-electron chi connectivity index (χ3n) is 5.22. The molecule has 1 aromatic carbocycles. The topological polar surface area (TPSA) is 15.3 Å². The van der Waals surface area contributed by atoms with E-state index < -0.39 is 0 Å². The van der Waals surface area contributed by atoms with E-state index in [2.05, 4.69) is 54.6 Å². The van der Waals surface area contributed by atoms with E-state index >= 15 is 0 Å². The zero-order valence-electron chi connectivity index (χ0n) is 11.5. The maximum absolute atomic E-state index is 3.59. The van der Waals surface area contributed by atoms with Gasteiger partial charge in [0, 0.05) is 12.1 Å². The Morgan fingerprint density at radius 2 is 1.89 bits per heavy atom. The van der Waals surface area contributed by atoms with Crippen LogP contribution in [-0.2, 0) is 0 Å². The van der Waals surface area contributed by atoms with E-state index in [0.29, 0.717) is 11.6 Å². The first-order valence-electron chi connectivity index (χ1n) is 7.20. The second-order valence-corrected chi connectivity index (χ2v) is 6.06. The summed E-state index contributed by atoms with van der Waals surface area (Å²) >= 11 is 0. The third-order valence-corrected chi connectivity index (χ3v) is 5.22. The molecule has 2 saturated heterocycles. The van der Waals surface area contributed by atoms with Gasteiger partial charge in [0.05, 0.1) is 6.04 Å². The molecule has 1 atom stereocenters. The molecule has 0 amide bonds. The first-order chi connectivity index (χ1) is 8.76. The summed E-state index contributed by atoms with van der Waals surface area (Å²) in [6.07, 6.45) is 5.51. The second kappa shape index (κ2) is 4.67. The molecule has 2 nitrogen and oxygen atoms in total. The average Bonchev–Trinajstić information content (AvgIpc) is 2.42. The van der Waals surface area contributed by atoms with Crippen molar-refractivity contribution in [2.24, 2.45) is 5.92 Å². The molecule has 0 aromatic heterocycles. The number of likely N-dealkylation sites (N-methyl/N-ethyl adjacent to an activating group) is 2. The van der Waals surface area contributed by atoms with Crippen LogP contribution in [0.15, 0.2) is 30.3 Å². The van der Waals surface area contributed by atoms with E-state index in [1.165, 1.54) is 37.8 Å². The van der Waals surface area contributed by atoms with Crippen LogP contribution in [0.25, 0.3) is 0 Å². The normalized spacial score (nSPS) is 33.6. The summed E-state index contributed by atoms with van der Waals surface area (Å²) in [5.74, 6) is 0.949. The Kier molecular flexibility index (Phi) is 3.16. The summed E-state index contributed by atoms with van der Waals surface area (Å²) in [7, 11) is 4.43. The van der Waals surface area contributed by atoms with E-state index in [1.54, 1.807) is 0 Å². The van der Waals surface area contributed by atoms with Crippen molar-refractivity contribution in [3.8, 4) is 0 Å². The summed E-state index contributed by atoms with van der Waals surface area (Å²) in [5, 5.41) is 3.59. The van der Waals surface area contributed by atoms with E-state index in [-0.39, 0.29) is 0 Å². The van der Waals surface area contributed by atoms with Crippen LogP contribution in [0.5, 0.6) is 0 Å². The molecule has 2 heterocycles. The van der Waals surface area contributed by atoms with Gasteiger partial charge in [0.1, 0.15) is 0 Å². The van der Waals surface area contributed by atoms with E-state index in [0.717, 1.165) is 5.92 Å². The van der Waals surface area contributed by atoms with Gasteiger partial charge in [0.25, 0.3) is 0 Å². The third kappa shape index (κ3) is 1.79. The van der Waals surface area contributed by atoms with Crippen molar-refractivity contribution >= 4 is 0 Å². The molecule has 4 rings (SSSR count). The highest BCUT2D eigenvalue weighted by Gasteiger charge is 2.49. The van der Waals surface area contributed by atoms with Gasteiger partial charge >= 0.3 is 0 Å². The Hall–Kier alpha value is -0.860. The van der Waals surface area contributed by atoms with Crippen molar-refractivity contribution in [1.29, 1.82) is 0 Å². The summed E-state index contributed by atoms with van der Waals surface area (Å²) in [5.41, 5.74) is 1.78. The lowest BCUT2D eigenvalue weighted by Gasteiger charge is -2.57. The number of fused-ring (bicyclic) bond motifs is 3. The van der Waals surface area contributed by atoms with Crippen LogP contribution in [0.3, 0.4) is 0 Å². The van der Waals surface area contributed by atoms with Gasteiger partial charge < -0.3 is 5.32 Å². The Bertz CT molecular complexity index is 393. The summed E-state index contributed by atoms with van der Waals surface area (Å²) < 4.78 is 0. The first kappa shape index (κ1) is 12.2. The molecule has 0 spiro atoms. The highest BCUT2D eigenvalue weighted by molar-refractivity contribution is 5.25. The Balaban J connectivity index is 1.95. The van der Waals surface area contributed by atoms with Gasteiger partial charge in [0.2, 0.25) is 0 Å². The smallest absolute Gasteiger partial charge is 0.0504 e. The molecule has 98 valence electrons. The molecule has 1 saturated carbocycles. The fourth-order valence-electron chi connectivity index (χ4n) is 4.21. The lowest BCUT2D eigenvalue weighted by Crippen LogP contribution is -2.61. The molecule has 3 aliphatic rings. The molecule has 1 aromatic rings. The monoisotopic (exact) mass is 244 g/mol. The zero-order chi connectivity index (χ0) is 12.6. The van der Waals surface area contributed by atoms with Gasteiger partial charge in [-0.1, -0.05) is 30.3 Å². The van der Waals surface area contributed by atoms with Gasteiger partial charge in [-0.15, -0.1) is 0 Å². The molecular weight excluding hydrogens is 220 g/mol. The van der Waals surface area contributed by atoms with Crippen molar-refractivity contribution < 1.29 is 0 Å². The van der Waals surface area contributed by atoms with Crippen LogP contribution in [0, 0.1) is 5.92 Å². The molecule has 1 N–H and O–H groups in total. The molecule has 2 heteroatoms.